The van der Waals surface area contributed by atoms with Crippen molar-refractivity contribution in [2.75, 3.05) is 44.4 Å². The second kappa shape index (κ2) is 26.1. The molecular formula is C41H56N8O19S. The quantitative estimate of drug-likeness (QED) is 0.0180. The fourth-order valence-electron chi connectivity index (χ4n) is 6.03. The molecule has 0 saturated heterocycles. The summed E-state index contributed by atoms with van der Waals surface area (Å²) in [5, 5.41) is 51.5. The Morgan fingerprint density at radius 2 is 1.38 bits per heavy atom. The standard InChI is InChI=1S/C41H56N8O19S/c1-40(2,3)28-17-19-30(20-18-28)69(58,59)46(41(4,5)67-39(51)63-23-9-10-24-64-47(52)53)37-34(66-32-15-8-7-14-31(32)60-6)38(45-36(44-37)35-42-21-12-22-43-35)62-26-25-61-33(50)16-11-13-29(68-49(56)57)27-65-48(54)55/h7-8,12,14-15,17-22,29,52-57H,9-11,13,16,23-27H2,1-6H3. The van der Waals surface area contributed by atoms with Crippen molar-refractivity contribution >= 4 is 28.0 Å². The predicted octanol–water partition coefficient (Wildman–Crippen LogP) is 5.39. The number of nitrogens with zero attached hydrogens (tertiary/aromatic N) is 8. The van der Waals surface area contributed by atoms with Gasteiger partial charge in [-0.1, -0.05) is 45.0 Å². The Labute approximate surface area is 396 Å². The summed E-state index contributed by atoms with van der Waals surface area (Å²) in [5.41, 5.74) is -1.80. The Balaban J connectivity index is 1.81. The van der Waals surface area contributed by atoms with Gasteiger partial charge in [0.25, 0.3) is 15.9 Å². The largest absolute Gasteiger partial charge is 0.510 e. The molecule has 6 N–H and O–H groups in total. The number of rotatable bonds is 28. The molecular weight excluding hydrogens is 941 g/mol. The van der Waals surface area contributed by atoms with Crippen molar-refractivity contribution < 1.29 is 92.2 Å². The summed E-state index contributed by atoms with van der Waals surface area (Å²) in [6.45, 7) is 6.59. The van der Waals surface area contributed by atoms with E-state index in [1.54, 1.807) is 30.3 Å². The van der Waals surface area contributed by atoms with Crippen LogP contribution in [0.2, 0.25) is 0 Å². The van der Waals surface area contributed by atoms with Crippen LogP contribution < -0.4 is 18.5 Å². The van der Waals surface area contributed by atoms with Crippen LogP contribution in [0.25, 0.3) is 11.6 Å². The van der Waals surface area contributed by atoms with E-state index in [2.05, 4.69) is 34.4 Å². The number of aromatic nitrogens is 4. The lowest BCUT2D eigenvalue weighted by atomic mass is 9.87. The van der Waals surface area contributed by atoms with E-state index < -0.39 is 87.4 Å². The number of anilines is 1. The Bertz CT molecular complexity index is 2340. The molecule has 4 rings (SSSR count). The van der Waals surface area contributed by atoms with E-state index in [9.17, 15) is 9.59 Å². The fourth-order valence-corrected chi connectivity index (χ4v) is 7.69. The van der Waals surface area contributed by atoms with Crippen LogP contribution in [0.3, 0.4) is 0 Å². The number of hydrogen-bond acceptors (Lipinski definition) is 26. The van der Waals surface area contributed by atoms with Crippen LogP contribution in [0.15, 0.2) is 71.9 Å². The molecule has 0 aliphatic rings. The smallest absolute Gasteiger partial charge is 0.493 e. The Morgan fingerprint density at radius 1 is 0.725 bits per heavy atom. The van der Waals surface area contributed by atoms with E-state index in [1.165, 1.54) is 57.6 Å². The predicted molar refractivity (Wildman–Crippen MR) is 230 cm³/mol. The number of carbonyl (C=O) groups excluding carboxylic acids is 2. The highest BCUT2D eigenvalue weighted by molar-refractivity contribution is 7.92. The summed E-state index contributed by atoms with van der Waals surface area (Å²) in [4.78, 5) is 57.2. The third-order valence-electron chi connectivity index (χ3n) is 9.21. The second-order valence-corrected chi connectivity index (χ2v) is 17.6. The summed E-state index contributed by atoms with van der Waals surface area (Å²) >= 11 is 0. The van der Waals surface area contributed by atoms with Crippen molar-refractivity contribution in [1.82, 2.24) is 36.1 Å². The summed E-state index contributed by atoms with van der Waals surface area (Å²) in [7, 11) is -3.51. The van der Waals surface area contributed by atoms with Crippen molar-refractivity contribution in [3.63, 3.8) is 0 Å². The molecule has 0 aliphatic carbocycles. The van der Waals surface area contributed by atoms with Crippen LogP contribution in [-0.2, 0) is 49.0 Å². The van der Waals surface area contributed by atoms with Gasteiger partial charge in [-0.15, -0.1) is 0 Å². The van der Waals surface area contributed by atoms with Crippen molar-refractivity contribution in [2.45, 2.75) is 88.9 Å². The summed E-state index contributed by atoms with van der Waals surface area (Å²) in [6, 6.07) is 13.9. The number of para-hydroxylation sites is 2. The minimum atomic E-state index is -4.88. The summed E-state index contributed by atoms with van der Waals surface area (Å²) in [6.07, 6.45) is 0.495. The molecule has 0 fully saturated rings. The molecule has 2 aromatic carbocycles. The van der Waals surface area contributed by atoms with Gasteiger partial charge in [0.1, 0.15) is 25.9 Å². The zero-order chi connectivity index (χ0) is 50.8. The zero-order valence-electron chi connectivity index (χ0n) is 38.5. The average molecular weight is 997 g/mol. The van der Waals surface area contributed by atoms with Gasteiger partial charge in [0, 0.05) is 18.8 Å². The summed E-state index contributed by atoms with van der Waals surface area (Å²) < 4.78 is 65.7. The van der Waals surface area contributed by atoms with Gasteiger partial charge < -0.3 is 28.4 Å². The number of unbranched alkanes of at least 4 members (excludes halogenated alkanes) is 1. The Morgan fingerprint density at radius 3 is 2.00 bits per heavy atom. The van der Waals surface area contributed by atoms with Crippen LogP contribution >= 0.6 is 0 Å². The third-order valence-corrected chi connectivity index (χ3v) is 11.2. The van der Waals surface area contributed by atoms with Crippen molar-refractivity contribution in [3.05, 3.63) is 72.6 Å². The first-order chi connectivity index (χ1) is 32.6. The van der Waals surface area contributed by atoms with E-state index in [0.717, 1.165) is 5.56 Å². The maximum Gasteiger partial charge on any atom is 0.510 e. The lowest BCUT2D eigenvalue weighted by molar-refractivity contribution is -0.527. The molecule has 380 valence electrons. The molecule has 0 saturated carbocycles. The van der Waals surface area contributed by atoms with E-state index in [1.807, 2.05) is 20.8 Å². The van der Waals surface area contributed by atoms with Gasteiger partial charge >= 0.3 is 12.1 Å². The van der Waals surface area contributed by atoms with Crippen molar-refractivity contribution in [3.8, 4) is 34.8 Å². The molecule has 0 bridgehead atoms. The van der Waals surface area contributed by atoms with Gasteiger partial charge in [-0.3, -0.25) is 40.9 Å². The molecule has 4 aromatic rings. The van der Waals surface area contributed by atoms with E-state index in [-0.39, 0.29) is 78.8 Å². The number of methoxy groups -OCH3 is 1. The fraction of sp³-hybridized carbons (Fsp3) is 0.463. The SMILES string of the molecule is COc1ccccc1Oc1c(OCCOC(=O)CCCC(CON(O)O)ON(O)O)nc(-c2ncccn2)nc1N(C(C)(C)OC(=O)OCCCCON(O)O)S(=O)(=O)c1ccc(C(C)(C)C)cc1. The maximum absolute atomic E-state index is 15.3. The van der Waals surface area contributed by atoms with Gasteiger partial charge in [0.15, 0.2) is 28.9 Å². The van der Waals surface area contributed by atoms with Gasteiger partial charge in [0.05, 0.1) is 41.4 Å². The topological polar surface area (TPSA) is 337 Å². The molecule has 2 aromatic heterocycles. The van der Waals surface area contributed by atoms with Crippen LogP contribution in [0.4, 0.5) is 10.6 Å². The first-order valence-corrected chi connectivity index (χ1v) is 22.3. The van der Waals surface area contributed by atoms with Gasteiger partial charge in [-0.25, -0.2) is 42.1 Å². The first kappa shape index (κ1) is 55.6. The zero-order valence-corrected chi connectivity index (χ0v) is 39.3. The molecule has 28 heteroatoms. The number of carbonyl (C=O) groups is 2. The number of sulfonamides is 1. The molecule has 0 aliphatic heterocycles. The van der Waals surface area contributed by atoms with Crippen LogP contribution in [0.5, 0.6) is 23.1 Å². The molecule has 2 heterocycles. The molecule has 1 unspecified atom stereocenters. The van der Waals surface area contributed by atoms with E-state index in [0.29, 0.717) is 4.31 Å². The molecule has 0 amide bonds. The number of benzene rings is 2. The van der Waals surface area contributed by atoms with Crippen molar-refractivity contribution in [1.29, 1.82) is 0 Å². The van der Waals surface area contributed by atoms with Gasteiger partial charge in [0.2, 0.25) is 11.6 Å². The highest BCUT2D eigenvalue weighted by atomic mass is 32.2. The first-order valence-electron chi connectivity index (χ1n) is 20.9. The lowest BCUT2D eigenvalue weighted by Gasteiger charge is -2.37. The minimum Gasteiger partial charge on any atom is -0.493 e. The maximum atomic E-state index is 15.3. The van der Waals surface area contributed by atoms with Crippen LogP contribution in [0, 0.1) is 0 Å². The molecule has 0 spiro atoms. The molecule has 27 nitrogen and oxygen atoms in total. The van der Waals surface area contributed by atoms with E-state index >= 15 is 8.42 Å². The molecule has 1 atom stereocenters. The van der Waals surface area contributed by atoms with Gasteiger partial charge in [-0.05, 0) is 80.8 Å². The second-order valence-electron chi connectivity index (χ2n) is 15.8. The number of ether oxygens (including phenoxy) is 6. The number of hydrogen-bond donors (Lipinski definition) is 6. The third kappa shape index (κ3) is 17.5. The van der Waals surface area contributed by atoms with Crippen LogP contribution in [0.1, 0.15) is 72.3 Å². The monoisotopic (exact) mass is 996 g/mol. The molecule has 69 heavy (non-hydrogen) atoms. The normalized spacial score (nSPS) is 12.5. The van der Waals surface area contributed by atoms with Gasteiger partial charge in [-0.2, -0.15) is 4.98 Å². The van der Waals surface area contributed by atoms with Crippen LogP contribution in [-0.4, -0.2) is 140 Å². The highest BCUT2D eigenvalue weighted by Crippen LogP contribution is 2.46. The molecule has 0 radical (unpaired) electrons. The summed E-state index contributed by atoms with van der Waals surface area (Å²) in [5.74, 6) is -2.41. The lowest BCUT2D eigenvalue weighted by Crippen LogP contribution is -2.51. The minimum absolute atomic E-state index is 0.0215. The van der Waals surface area contributed by atoms with Crippen molar-refractivity contribution in [2.24, 2.45) is 0 Å². The number of esters is 1. The average Bonchev–Trinajstić information content (AvgIpc) is 3.28. The van der Waals surface area contributed by atoms with E-state index in [4.69, 9.17) is 59.7 Å². The Kier molecular flexibility index (Phi) is 21.0. The Hall–Kier alpha value is -5.99. The highest BCUT2D eigenvalue weighted by Gasteiger charge is 2.45.